The summed E-state index contributed by atoms with van der Waals surface area (Å²) >= 11 is 1.72. The molecule has 2 N–H and O–H groups in total. The van der Waals surface area contributed by atoms with Crippen LogP contribution in [0.3, 0.4) is 0 Å². The van der Waals surface area contributed by atoms with E-state index in [4.69, 9.17) is 5.73 Å². The first-order chi connectivity index (χ1) is 8.56. The zero-order valence-corrected chi connectivity index (χ0v) is 11.3. The van der Waals surface area contributed by atoms with Gasteiger partial charge in [0.25, 0.3) is 11.8 Å². The number of nitrogen functional groups attached to an aromatic ring is 1. The normalized spacial score (nSPS) is 16.0. The molecule has 0 fully saturated rings. The van der Waals surface area contributed by atoms with E-state index in [0.29, 0.717) is 16.8 Å². The number of amides is 2. The van der Waals surface area contributed by atoms with E-state index in [1.807, 2.05) is 6.92 Å². The van der Waals surface area contributed by atoms with Crippen LogP contribution in [-0.4, -0.2) is 34.3 Å². The van der Waals surface area contributed by atoms with Gasteiger partial charge in [-0.3, -0.25) is 14.5 Å². The summed E-state index contributed by atoms with van der Waals surface area (Å²) in [6.45, 7) is 3.95. The molecule has 0 aliphatic carbocycles. The molecule has 1 aliphatic rings. The quantitative estimate of drug-likeness (QED) is 0.667. The molecule has 0 radical (unpaired) electrons. The molecule has 0 spiro atoms. The SMILES string of the molecule is CCSCC(C)N1C(=O)c2ccc(N)cc2C1=O. The topological polar surface area (TPSA) is 63.4 Å². The van der Waals surface area contributed by atoms with Crippen molar-refractivity contribution in [3.8, 4) is 0 Å². The van der Waals surface area contributed by atoms with E-state index in [-0.39, 0.29) is 17.9 Å². The van der Waals surface area contributed by atoms with Crippen molar-refractivity contribution >= 4 is 29.3 Å². The van der Waals surface area contributed by atoms with Gasteiger partial charge in [0.1, 0.15) is 0 Å². The summed E-state index contributed by atoms with van der Waals surface area (Å²) in [5.41, 5.74) is 7.05. The van der Waals surface area contributed by atoms with E-state index in [1.54, 1.807) is 30.0 Å². The Labute approximate surface area is 111 Å². The Morgan fingerprint density at radius 1 is 1.28 bits per heavy atom. The Morgan fingerprint density at radius 2 is 1.94 bits per heavy atom. The fourth-order valence-corrected chi connectivity index (χ4v) is 2.77. The molecule has 0 saturated heterocycles. The highest BCUT2D eigenvalue weighted by Gasteiger charge is 2.38. The first-order valence-corrected chi connectivity index (χ1v) is 7.07. The van der Waals surface area contributed by atoms with Crippen molar-refractivity contribution < 1.29 is 9.59 Å². The average molecular weight is 264 g/mol. The van der Waals surface area contributed by atoms with Crippen LogP contribution in [0.5, 0.6) is 0 Å². The zero-order valence-electron chi connectivity index (χ0n) is 10.5. The average Bonchev–Trinajstić information content (AvgIpc) is 2.59. The lowest BCUT2D eigenvalue weighted by Crippen LogP contribution is -2.39. The van der Waals surface area contributed by atoms with E-state index in [9.17, 15) is 9.59 Å². The van der Waals surface area contributed by atoms with Gasteiger partial charge in [0.05, 0.1) is 11.1 Å². The number of benzene rings is 1. The van der Waals surface area contributed by atoms with Crippen LogP contribution in [0.1, 0.15) is 34.6 Å². The Kier molecular flexibility index (Phi) is 3.61. The molecule has 0 saturated carbocycles. The Hall–Kier alpha value is -1.49. The van der Waals surface area contributed by atoms with Crippen LogP contribution >= 0.6 is 11.8 Å². The minimum absolute atomic E-state index is 0.0939. The first-order valence-electron chi connectivity index (χ1n) is 5.91. The second kappa shape index (κ2) is 5.02. The summed E-state index contributed by atoms with van der Waals surface area (Å²) in [5, 5.41) is 0. The van der Waals surface area contributed by atoms with Crippen LogP contribution in [0.25, 0.3) is 0 Å². The predicted molar refractivity (Wildman–Crippen MR) is 73.8 cm³/mol. The second-order valence-electron chi connectivity index (χ2n) is 4.29. The van der Waals surface area contributed by atoms with Gasteiger partial charge < -0.3 is 5.73 Å². The van der Waals surface area contributed by atoms with E-state index < -0.39 is 0 Å². The van der Waals surface area contributed by atoms with Crippen LogP contribution in [0.2, 0.25) is 0 Å². The number of thioether (sulfide) groups is 1. The lowest BCUT2D eigenvalue weighted by atomic mass is 10.1. The van der Waals surface area contributed by atoms with Gasteiger partial charge in [-0.2, -0.15) is 11.8 Å². The molecular formula is C13H16N2O2S. The van der Waals surface area contributed by atoms with Gasteiger partial charge in [0.2, 0.25) is 0 Å². The zero-order chi connectivity index (χ0) is 13.3. The fourth-order valence-electron chi connectivity index (χ4n) is 2.04. The Bertz CT molecular complexity index is 502. The highest BCUT2D eigenvalue weighted by Crippen LogP contribution is 2.27. The molecule has 1 heterocycles. The maximum atomic E-state index is 12.2. The highest BCUT2D eigenvalue weighted by atomic mass is 32.2. The molecule has 4 nitrogen and oxygen atoms in total. The molecule has 5 heteroatoms. The number of imide groups is 1. The third kappa shape index (κ3) is 2.10. The maximum absolute atomic E-state index is 12.2. The fraction of sp³-hybridized carbons (Fsp3) is 0.385. The molecule has 18 heavy (non-hydrogen) atoms. The lowest BCUT2D eigenvalue weighted by molar-refractivity contribution is 0.0612. The van der Waals surface area contributed by atoms with Crippen molar-refractivity contribution in [2.75, 3.05) is 17.2 Å². The molecule has 0 bridgehead atoms. The molecule has 1 aliphatic heterocycles. The van der Waals surface area contributed by atoms with Crippen LogP contribution < -0.4 is 5.73 Å². The number of nitrogens with two attached hydrogens (primary N) is 1. The van der Waals surface area contributed by atoms with Gasteiger partial charge in [0, 0.05) is 17.5 Å². The molecule has 2 amide bonds. The van der Waals surface area contributed by atoms with E-state index in [0.717, 1.165) is 11.5 Å². The van der Waals surface area contributed by atoms with E-state index in [2.05, 4.69) is 6.92 Å². The van der Waals surface area contributed by atoms with Gasteiger partial charge in [0.15, 0.2) is 0 Å². The van der Waals surface area contributed by atoms with Gasteiger partial charge in [-0.15, -0.1) is 0 Å². The number of fused-ring (bicyclic) bond motifs is 1. The summed E-state index contributed by atoms with van der Waals surface area (Å²) in [5.74, 6) is 1.29. The van der Waals surface area contributed by atoms with Crippen molar-refractivity contribution in [2.45, 2.75) is 19.9 Å². The minimum atomic E-state index is -0.230. The number of anilines is 1. The molecule has 1 aromatic carbocycles. The smallest absolute Gasteiger partial charge is 0.261 e. The van der Waals surface area contributed by atoms with Crippen LogP contribution in [-0.2, 0) is 0 Å². The number of carbonyl (C=O) groups excluding carboxylic acids is 2. The highest BCUT2D eigenvalue weighted by molar-refractivity contribution is 7.99. The van der Waals surface area contributed by atoms with Crippen molar-refractivity contribution in [2.24, 2.45) is 0 Å². The summed E-state index contributed by atoms with van der Waals surface area (Å²) in [6, 6.07) is 4.77. The third-order valence-corrected chi connectivity index (χ3v) is 4.07. The first kappa shape index (κ1) is 13.0. The van der Waals surface area contributed by atoms with Crippen LogP contribution in [0, 0.1) is 0 Å². The predicted octanol–water partition coefficient (Wildman–Crippen LogP) is 2.01. The Balaban J connectivity index is 2.28. The van der Waals surface area contributed by atoms with Crippen LogP contribution in [0.15, 0.2) is 18.2 Å². The summed E-state index contributed by atoms with van der Waals surface area (Å²) < 4.78 is 0. The number of carbonyl (C=O) groups is 2. The second-order valence-corrected chi connectivity index (χ2v) is 5.61. The number of rotatable bonds is 4. The molecule has 96 valence electrons. The van der Waals surface area contributed by atoms with Crippen molar-refractivity contribution in [3.63, 3.8) is 0 Å². The Morgan fingerprint density at radius 3 is 2.61 bits per heavy atom. The summed E-state index contributed by atoms with van der Waals surface area (Å²) in [4.78, 5) is 25.7. The van der Waals surface area contributed by atoms with Gasteiger partial charge in [-0.1, -0.05) is 6.92 Å². The minimum Gasteiger partial charge on any atom is -0.399 e. The monoisotopic (exact) mass is 264 g/mol. The lowest BCUT2D eigenvalue weighted by Gasteiger charge is -2.21. The van der Waals surface area contributed by atoms with E-state index in [1.165, 1.54) is 4.90 Å². The molecule has 1 unspecified atom stereocenters. The molecule has 1 aromatic rings. The molecule has 2 rings (SSSR count). The number of hydrogen-bond acceptors (Lipinski definition) is 4. The maximum Gasteiger partial charge on any atom is 0.261 e. The largest absolute Gasteiger partial charge is 0.399 e. The van der Waals surface area contributed by atoms with Gasteiger partial charge in [-0.05, 0) is 30.9 Å². The number of nitrogens with zero attached hydrogens (tertiary/aromatic N) is 1. The summed E-state index contributed by atoms with van der Waals surface area (Å²) in [6.07, 6.45) is 0. The molecule has 0 aromatic heterocycles. The van der Waals surface area contributed by atoms with Crippen molar-refractivity contribution in [1.82, 2.24) is 4.90 Å². The summed E-state index contributed by atoms with van der Waals surface area (Å²) in [7, 11) is 0. The van der Waals surface area contributed by atoms with Crippen LogP contribution in [0.4, 0.5) is 5.69 Å². The molecule has 1 atom stereocenters. The van der Waals surface area contributed by atoms with Crippen molar-refractivity contribution in [3.05, 3.63) is 29.3 Å². The molecular weight excluding hydrogens is 248 g/mol. The number of hydrogen-bond donors (Lipinski definition) is 1. The third-order valence-electron chi connectivity index (χ3n) is 2.95. The van der Waals surface area contributed by atoms with Gasteiger partial charge in [-0.25, -0.2) is 0 Å². The van der Waals surface area contributed by atoms with E-state index >= 15 is 0 Å². The standard InChI is InChI=1S/C13H16N2O2S/c1-3-18-7-8(2)15-12(16)10-5-4-9(14)6-11(10)13(15)17/h4-6,8H,3,7,14H2,1-2H3. The van der Waals surface area contributed by atoms with Gasteiger partial charge >= 0.3 is 0 Å². The van der Waals surface area contributed by atoms with Crippen molar-refractivity contribution in [1.29, 1.82) is 0 Å².